The number of carbonyl (C=O) groups is 1. The summed E-state index contributed by atoms with van der Waals surface area (Å²) in [5.74, 6) is 1.57. The van der Waals surface area contributed by atoms with E-state index in [-0.39, 0.29) is 5.91 Å². The zero-order chi connectivity index (χ0) is 18.4. The number of thioether (sulfide) groups is 2. The molecule has 26 heavy (non-hydrogen) atoms. The molecule has 0 N–H and O–H groups in total. The van der Waals surface area contributed by atoms with Gasteiger partial charge in [0.15, 0.2) is 5.16 Å². The Kier molecular flexibility index (Phi) is 6.57. The summed E-state index contributed by atoms with van der Waals surface area (Å²) in [4.78, 5) is 23.2. The van der Waals surface area contributed by atoms with E-state index >= 15 is 0 Å². The standard InChI is InChI=1S/C19H21N3O2S2/c1-24-18-15(13-20-19(21-18)25-2)12-17-22(10-11-26-17)16(23)9-8-14-6-4-3-5-7-14/h3-7,12-13H,8-11H2,1-2H3/b17-12+. The van der Waals surface area contributed by atoms with Crippen molar-refractivity contribution < 1.29 is 9.53 Å². The predicted octanol–water partition coefficient (Wildman–Crippen LogP) is 3.71. The van der Waals surface area contributed by atoms with Gasteiger partial charge in [0, 0.05) is 24.9 Å². The summed E-state index contributed by atoms with van der Waals surface area (Å²) in [7, 11) is 1.60. The van der Waals surface area contributed by atoms with Gasteiger partial charge in [-0.25, -0.2) is 4.98 Å². The Morgan fingerprint density at radius 3 is 2.92 bits per heavy atom. The molecule has 0 spiro atoms. The van der Waals surface area contributed by atoms with Crippen molar-refractivity contribution in [3.63, 3.8) is 0 Å². The molecule has 136 valence electrons. The second-order valence-corrected chi connectivity index (χ2v) is 7.57. The van der Waals surface area contributed by atoms with Crippen LogP contribution in [0.3, 0.4) is 0 Å². The third kappa shape index (κ3) is 4.59. The van der Waals surface area contributed by atoms with Crippen molar-refractivity contribution in [2.75, 3.05) is 25.7 Å². The topological polar surface area (TPSA) is 55.3 Å². The van der Waals surface area contributed by atoms with Gasteiger partial charge in [0.25, 0.3) is 0 Å². The lowest BCUT2D eigenvalue weighted by Crippen LogP contribution is -2.26. The Labute approximate surface area is 162 Å². The lowest BCUT2D eigenvalue weighted by atomic mass is 10.1. The number of rotatable bonds is 6. The summed E-state index contributed by atoms with van der Waals surface area (Å²) in [6, 6.07) is 10.1. The zero-order valence-electron chi connectivity index (χ0n) is 14.8. The molecule has 0 radical (unpaired) electrons. The maximum absolute atomic E-state index is 12.7. The molecule has 2 aromatic rings. The molecule has 1 aromatic heterocycles. The number of hydrogen-bond acceptors (Lipinski definition) is 6. The Bertz CT molecular complexity index is 797. The van der Waals surface area contributed by atoms with E-state index in [2.05, 4.69) is 22.1 Å². The molecule has 1 saturated heterocycles. The maximum Gasteiger partial charge on any atom is 0.227 e. The van der Waals surface area contributed by atoms with E-state index in [9.17, 15) is 4.79 Å². The van der Waals surface area contributed by atoms with E-state index in [0.29, 0.717) is 17.5 Å². The van der Waals surface area contributed by atoms with Crippen LogP contribution >= 0.6 is 23.5 Å². The van der Waals surface area contributed by atoms with Gasteiger partial charge in [0.05, 0.1) is 17.7 Å². The highest BCUT2D eigenvalue weighted by molar-refractivity contribution is 8.03. The normalized spacial score (nSPS) is 15.5. The van der Waals surface area contributed by atoms with Crippen LogP contribution < -0.4 is 4.74 Å². The monoisotopic (exact) mass is 387 g/mol. The number of aryl methyl sites for hydroxylation is 1. The maximum atomic E-state index is 12.7. The Hall–Kier alpha value is -1.99. The molecule has 0 aliphatic carbocycles. The van der Waals surface area contributed by atoms with E-state index in [1.54, 1.807) is 25.1 Å². The summed E-state index contributed by atoms with van der Waals surface area (Å²) in [5, 5.41) is 1.60. The van der Waals surface area contributed by atoms with Gasteiger partial charge in [-0.1, -0.05) is 42.1 Å². The Balaban J connectivity index is 1.73. The van der Waals surface area contributed by atoms with Gasteiger partial charge in [0.1, 0.15) is 0 Å². The molecular weight excluding hydrogens is 366 g/mol. The molecule has 3 rings (SSSR count). The van der Waals surface area contributed by atoms with Gasteiger partial charge in [-0.2, -0.15) is 4.98 Å². The Morgan fingerprint density at radius 1 is 1.38 bits per heavy atom. The van der Waals surface area contributed by atoms with E-state index in [1.807, 2.05) is 35.4 Å². The summed E-state index contributed by atoms with van der Waals surface area (Å²) in [5.41, 5.74) is 1.97. The van der Waals surface area contributed by atoms with Crippen LogP contribution in [0.25, 0.3) is 6.08 Å². The van der Waals surface area contributed by atoms with Crippen molar-refractivity contribution in [3.05, 3.63) is 52.7 Å². The molecule has 1 aliphatic heterocycles. The highest BCUT2D eigenvalue weighted by Gasteiger charge is 2.24. The van der Waals surface area contributed by atoms with Crippen molar-refractivity contribution >= 4 is 35.5 Å². The molecule has 1 aromatic carbocycles. The average molecular weight is 388 g/mol. The molecule has 5 nitrogen and oxygen atoms in total. The van der Waals surface area contributed by atoms with Crippen molar-refractivity contribution in [1.29, 1.82) is 0 Å². The Morgan fingerprint density at radius 2 is 2.19 bits per heavy atom. The van der Waals surface area contributed by atoms with E-state index in [1.165, 1.54) is 17.3 Å². The minimum absolute atomic E-state index is 0.144. The van der Waals surface area contributed by atoms with Crippen LogP contribution in [-0.4, -0.2) is 46.4 Å². The number of benzene rings is 1. The summed E-state index contributed by atoms with van der Waals surface area (Å²) < 4.78 is 5.38. The molecule has 1 aliphatic rings. The predicted molar refractivity (Wildman–Crippen MR) is 107 cm³/mol. The first-order valence-corrected chi connectivity index (χ1v) is 10.6. The van der Waals surface area contributed by atoms with Crippen LogP contribution in [0.4, 0.5) is 0 Å². The van der Waals surface area contributed by atoms with Gasteiger partial charge < -0.3 is 9.64 Å². The summed E-state index contributed by atoms with van der Waals surface area (Å²) in [6.45, 7) is 0.732. The fourth-order valence-corrected chi connectivity index (χ4v) is 4.06. The summed E-state index contributed by atoms with van der Waals surface area (Å²) >= 11 is 3.14. The molecule has 0 bridgehead atoms. The molecule has 0 atom stereocenters. The molecule has 1 amide bonds. The SMILES string of the molecule is COc1nc(SC)ncc1/C=C1/SCCN1C(=O)CCc1ccccc1. The third-order valence-electron chi connectivity index (χ3n) is 4.02. The van der Waals surface area contributed by atoms with Crippen molar-refractivity contribution in [1.82, 2.24) is 14.9 Å². The molecule has 1 fully saturated rings. The fraction of sp³-hybridized carbons (Fsp3) is 0.316. The van der Waals surface area contributed by atoms with Crippen LogP contribution in [0.15, 0.2) is 46.7 Å². The van der Waals surface area contributed by atoms with Crippen LogP contribution in [0.2, 0.25) is 0 Å². The van der Waals surface area contributed by atoms with Crippen LogP contribution in [0.5, 0.6) is 5.88 Å². The summed E-state index contributed by atoms with van der Waals surface area (Å²) in [6.07, 6.45) is 6.87. The highest BCUT2D eigenvalue weighted by atomic mass is 32.2. The van der Waals surface area contributed by atoms with Crippen LogP contribution in [-0.2, 0) is 11.2 Å². The minimum atomic E-state index is 0.144. The van der Waals surface area contributed by atoms with Gasteiger partial charge in [-0.3, -0.25) is 4.79 Å². The molecule has 7 heteroatoms. The van der Waals surface area contributed by atoms with E-state index in [0.717, 1.165) is 29.3 Å². The van der Waals surface area contributed by atoms with Crippen LogP contribution in [0.1, 0.15) is 17.5 Å². The lowest BCUT2D eigenvalue weighted by Gasteiger charge is -2.17. The fourth-order valence-electron chi connectivity index (χ4n) is 2.68. The zero-order valence-corrected chi connectivity index (χ0v) is 16.5. The van der Waals surface area contributed by atoms with Gasteiger partial charge in [-0.15, -0.1) is 11.8 Å². The van der Waals surface area contributed by atoms with Crippen molar-refractivity contribution in [2.24, 2.45) is 0 Å². The second kappa shape index (κ2) is 9.09. The highest BCUT2D eigenvalue weighted by Crippen LogP contribution is 2.32. The molecule has 0 saturated carbocycles. The lowest BCUT2D eigenvalue weighted by molar-refractivity contribution is -0.128. The van der Waals surface area contributed by atoms with Crippen molar-refractivity contribution in [2.45, 2.75) is 18.0 Å². The van der Waals surface area contributed by atoms with Gasteiger partial charge in [-0.05, 0) is 24.3 Å². The smallest absolute Gasteiger partial charge is 0.227 e. The molecular formula is C19H21N3O2S2. The number of nitrogens with zero attached hydrogens (tertiary/aromatic N) is 3. The largest absolute Gasteiger partial charge is 0.480 e. The first-order chi connectivity index (χ1) is 12.7. The third-order valence-corrected chi connectivity index (χ3v) is 5.60. The second-order valence-electron chi connectivity index (χ2n) is 5.68. The van der Waals surface area contributed by atoms with Crippen LogP contribution in [0, 0.1) is 0 Å². The number of methoxy groups -OCH3 is 1. The first kappa shape index (κ1) is 18.8. The van der Waals surface area contributed by atoms with E-state index < -0.39 is 0 Å². The van der Waals surface area contributed by atoms with Gasteiger partial charge in [0.2, 0.25) is 11.8 Å². The number of amides is 1. The quantitative estimate of drug-likeness (QED) is 0.556. The number of aromatic nitrogens is 2. The number of carbonyl (C=O) groups excluding carboxylic acids is 1. The number of hydrogen-bond donors (Lipinski definition) is 0. The average Bonchev–Trinajstić information content (AvgIpc) is 3.15. The minimum Gasteiger partial charge on any atom is -0.480 e. The molecule has 2 heterocycles. The molecule has 0 unspecified atom stereocenters. The van der Waals surface area contributed by atoms with E-state index in [4.69, 9.17) is 4.74 Å². The van der Waals surface area contributed by atoms with Gasteiger partial charge >= 0.3 is 0 Å². The van der Waals surface area contributed by atoms with Crippen molar-refractivity contribution in [3.8, 4) is 5.88 Å². The first-order valence-electron chi connectivity index (χ1n) is 8.35. The number of ether oxygens (including phenoxy) is 1.